The van der Waals surface area contributed by atoms with Crippen LogP contribution < -0.4 is 5.56 Å². The Morgan fingerprint density at radius 2 is 2.24 bits per heavy atom. The third kappa shape index (κ3) is 3.17. The van der Waals surface area contributed by atoms with E-state index < -0.39 is 12.6 Å². The molecule has 0 bridgehead atoms. The Balaban J connectivity index is 2.52. The normalized spacial score (nSPS) is 12.2. The fourth-order valence-electron chi connectivity index (χ4n) is 2.05. The molecular formula is C15H16N2O4. The minimum absolute atomic E-state index is 0.0510. The van der Waals surface area contributed by atoms with Crippen LogP contribution in [-0.2, 0) is 16.1 Å². The Morgan fingerprint density at radius 3 is 2.90 bits per heavy atom. The van der Waals surface area contributed by atoms with E-state index in [0.29, 0.717) is 16.7 Å². The maximum atomic E-state index is 12.5. The van der Waals surface area contributed by atoms with Gasteiger partial charge in [-0.3, -0.25) is 9.36 Å². The van der Waals surface area contributed by atoms with Crippen molar-refractivity contribution in [2.24, 2.45) is 0 Å². The van der Waals surface area contributed by atoms with E-state index in [2.05, 4.69) is 11.6 Å². The van der Waals surface area contributed by atoms with Gasteiger partial charge in [-0.15, -0.1) is 6.58 Å². The number of allylic oxidation sites excluding steroid dienone is 1. The van der Waals surface area contributed by atoms with Crippen molar-refractivity contribution >= 4 is 16.9 Å². The molecule has 0 fully saturated rings. The number of nitrogens with zero attached hydrogens (tertiary/aromatic N) is 2. The molecule has 0 aliphatic rings. The molecule has 0 saturated heterocycles. The average molecular weight is 288 g/mol. The molecule has 1 heterocycles. The predicted octanol–water partition coefficient (Wildman–Crippen LogP) is 1.74. The Hall–Kier alpha value is -2.47. The van der Waals surface area contributed by atoms with E-state index in [1.807, 2.05) is 6.92 Å². The quantitative estimate of drug-likeness (QED) is 0.819. The minimum atomic E-state index is -1.07. The van der Waals surface area contributed by atoms with Crippen LogP contribution in [0.1, 0.15) is 18.8 Å². The molecule has 0 saturated carbocycles. The summed E-state index contributed by atoms with van der Waals surface area (Å²) < 4.78 is 6.53. The largest absolute Gasteiger partial charge is 0.480 e. The lowest BCUT2D eigenvalue weighted by molar-refractivity contribution is -0.142. The molecule has 0 aliphatic heterocycles. The Kier molecular flexibility index (Phi) is 4.49. The van der Waals surface area contributed by atoms with E-state index in [9.17, 15) is 9.59 Å². The van der Waals surface area contributed by atoms with Gasteiger partial charge in [-0.05, 0) is 19.1 Å². The van der Waals surface area contributed by atoms with Crippen LogP contribution in [0.5, 0.6) is 0 Å². The SMILES string of the molecule is C=CC(C)n1c(COCC(=O)O)nc2ccccc2c1=O. The lowest BCUT2D eigenvalue weighted by Gasteiger charge is -2.17. The molecule has 0 radical (unpaired) electrons. The summed E-state index contributed by atoms with van der Waals surface area (Å²) in [5.74, 6) is -0.686. The van der Waals surface area contributed by atoms with Gasteiger partial charge in [-0.1, -0.05) is 18.2 Å². The summed E-state index contributed by atoms with van der Waals surface area (Å²) in [6.07, 6.45) is 1.62. The maximum absolute atomic E-state index is 12.5. The van der Waals surface area contributed by atoms with Crippen LogP contribution >= 0.6 is 0 Å². The molecule has 1 N–H and O–H groups in total. The molecule has 1 aromatic carbocycles. The minimum Gasteiger partial charge on any atom is -0.480 e. The number of rotatable bonds is 6. The van der Waals surface area contributed by atoms with Gasteiger partial charge in [-0.25, -0.2) is 9.78 Å². The number of carbonyl (C=O) groups is 1. The zero-order chi connectivity index (χ0) is 15.4. The number of ether oxygens (including phenoxy) is 1. The van der Waals surface area contributed by atoms with E-state index >= 15 is 0 Å². The lowest BCUT2D eigenvalue weighted by Crippen LogP contribution is -2.28. The Bertz CT molecular complexity index is 736. The first-order valence-corrected chi connectivity index (χ1v) is 6.47. The van der Waals surface area contributed by atoms with Crippen molar-refractivity contribution in [2.45, 2.75) is 19.6 Å². The van der Waals surface area contributed by atoms with Crippen molar-refractivity contribution in [1.82, 2.24) is 9.55 Å². The van der Waals surface area contributed by atoms with E-state index in [-0.39, 0.29) is 18.2 Å². The smallest absolute Gasteiger partial charge is 0.329 e. The van der Waals surface area contributed by atoms with Crippen LogP contribution in [0.15, 0.2) is 41.7 Å². The number of aliphatic carboxylic acids is 1. The molecule has 1 aromatic heterocycles. The molecule has 110 valence electrons. The fraction of sp³-hybridized carbons (Fsp3) is 0.267. The summed E-state index contributed by atoms with van der Waals surface area (Å²) in [5.41, 5.74) is 0.367. The first kappa shape index (κ1) is 14.9. The highest BCUT2D eigenvalue weighted by atomic mass is 16.5. The topological polar surface area (TPSA) is 81.4 Å². The van der Waals surface area contributed by atoms with Gasteiger partial charge in [0.05, 0.1) is 16.9 Å². The van der Waals surface area contributed by atoms with Gasteiger partial charge in [0, 0.05) is 0 Å². The average Bonchev–Trinajstić information content (AvgIpc) is 2.46. The van der Waals surface area contributed by atoms with E-state index in [0.717, 1.165) is 0 Å². The summed E-state index contributed by atoms with van der Waals surface area (Å²) in [5, 5.41) is 9.12. The molecule has 0 spiro atoms. The van der Waals surface area contributed by atoms with Crippen molar-refractivity contribution in [3.63, 3.8) is 0 Å². The molecular weight excluding hydrogens is 272 g/mol. The lowest BCUT2D eigenvalue weighted by atomic mass is 10.2. The van der Waals surface area contributed by atoms with Crippen LogP contribution in [0.25, 0.3) is 10.9 Å². The third-order valence-corrected chi connectivity index (χ3v) is 3.09. The van der Waals surface area contributed by atoms with Gasteiger partial charge in [0.25, 0.3) is 5.56 Å². The van der Waals surface area contributed by atoms with Crippen LogP contribution in [0.3, 0.4) is 0 Å². The summed E-state index contributed by atoms with van der Waals surface area (Å²) in [6.45, 7) is 5.01. The first-order chi connectivity index (χ1) is 10.0. The number of hydrogen-bond acceptors (Lipinski definition) is 4. The molecule has 0 amide bonds. The first-order valence-electron chi connectivity index (χ1n) is 6.47. The van der Waals surface area contributed by atoms with Crippen LogP contribution in [0, 0.1) is 0 Å². The van der Waals surface area contributed by atoms with Crippen molar-refractivity contribution in [3.05, 3.63) is 53.1 Å². The summed E-state index contributed by atoms with van der Waals surface area (Å²) in [4.78, 5) is 27.5. The van der Waals surface area contributed by atoms with Crippen LogP contribution in [0.4, 0.5) is 0 Å². The molecule has 6 nitrogen and oxygen atoms in total. The highest BCUT2D eigenvalue weighted by molar-refractivity contribution is 5.77. The summed E-state index contributed by atoms with van der Waals surface area (Å²) >= 11 is 0. The number of carboxylic acid groups (broad SMARTS) is 1. The van der Waals surface area contributed by atoms with E-state index in [4.69, 9.17) is 9.84 Å². The zero-order valence-electron chi connectivity index (χ0n) is 11.7. The van der Waals surface area contributed by atoms with Gasteiger partial charge in [0.1, 0.15) is 19.0 Å². The second-order valence-electron chi connectivity index (χ2n) is 4.58. The van der Waals surface area contributed by atoms with E-state index in [1.54, 1.807) is 30.3 Å². The second kappa shape index (κ2) is 6.32. The summed E-state index contributed by atoms with van der Waals surface area (Å²) in [7, 11) is 0. The maximum Gasteiger partial charge on any atom is 0.329 e. The molecule has 1 atom stereocenters. The van der Waals surface area contributed by atoms with E-state index in [1.165, 1.54) is 4.57 Å². The summed E-state index contributed by atoms with van der Waals surface area (Å²) in [6, 6.07) is 6.74. The standard InChI is InChI=1S/C15H16N2O4/c1-3-10(2)17-13(8-21-9-14(18)19)16-12-7-5-4-6-11(12)15(17)20/h3-7,10H,1,8-9H2,2H3,(H,18,19). The van der Waals surface area contributed by atoms with Gasteiger partial charge in [-0.2, -0.15) is 0 Å². The van der Waals surface area contributed by atoms with Crippen molar-refractivity contribution in [1.29, 1.82) is 0 Å². The van der Waals surface area contributed by atoms with Gasteiger partial charge < -0.3 is 9.84 Å². The van der Waals surface area contributed by atoms with Crippen molar-refractivity contribution in [3.8, 4) is 0 Å². The zero-order valence-corrected chi connectivity index (χ0v) is 11.7. The number of hydrogen-bond donors (Lipinski definition) is 1. The molecule has 1 unspecified atom stereocenters. The fourth-order valence-corrected chi connectivity index (χ4v) is 2.05. The van der Waals surface area contributed by atoms with Gasteiger partial charge in [0.15, 0.2) is 0 Å². The second-order valence-corrected chi connectivity index (χ2v) is 4.58. The number of benzene rings is 1. The van der Waals surface area contributed by atoms with Crippen LogP contribution in [-0.4, -0.2) is 27.2 Å². The van der Waals surface area contributed by atoms with Crippen molar-refractivity contribution in [2.75, 3.05) is 6.61 Å². The van der Waals surface area contributed by atoms with Crippen molar-refractivity contribution < 1.29 is 14.6 Å². The number of aromatic nitrogens is 2. The van der Waals surface area contributed by atoms with Gasteiger partial charge in [0.2, 0.25) is 0 Å². The van der Waals surface area contributed by atoms with Gasteiger partial charge >= 0.3 is 5.97 Å². The molecule has 6 heteroatoms. The number of fused-ring (bicyclic) bond motifs is 1. The molecule has 2 aromatic rings. The number of carboxylic acids is 1. The highest BCUT2D eigenvalue weighted by Crippen LogP contribution is 2.13. The molecule has 2 rings (SSSR count). The van der Waals surface area contributed by atoms with Crippen LogP contribution in [0.2, 0.25) is 0 Å². The predicted molar refractivity (Wildman–Crippen MR) is 78.2 cm³/mol. The number of para-hydroxylation sites is 1. The molecule has 0 aliphatic carbocycles. The Morgan fingerprint density at radius 1 is 1.52 bits per heavy atom. The Labute approximate surface area is 121 Å². The highest BCUT2D eigenvalue weighted by Gasteiger charge is 2.14. The third-order valence-electron chi connectivity index (χ3n) is 3.09. The monoisotopic (exact) mass is 288 g/mol. The molecule has 21 heavy (non-hydrogen) atoms.